The van der Waals surface area contributed by atoms with Crippen molar-refractivity contribution in [2.75, 3.05) is 26.2 Å². The molecule has 2 saturated heterocycles. The monoisotopic (exact) mass is 359 g/mol. The first kappa shape index (κ1) is 21.2. The van der Waals surface area contributed by atoms with Crippen LogP contribution in [0.2, 0.25) is 0 Å². The van der Waals surface area contributed by atoms with Gasteiger partial charge in [-0.15, -0.1) is 12.4 Å². The van der Waals surface area contributed by atoms with Crippen molar-refractivity contribution in [1.29, 1.82) is 0 Å². The first-order valence-electron chi connectivity index (χ1n) is 9.39. The van der Waals surface area contributed by atoms with Crippen LogP contribution in [0.15, 0.2) is 0 Å². The maximum atomic E-state index is 12.6. The number of amides is 2. The van der Waals surface area contributed by atoms with E-state index < -0.39 is 0 Å². The van der Waals surface area contributed by atoms with Crippen molar-refractivity contribution in [2.24, 2.45) is 11.8 Å². The average Bonchev–Trinajstić information content (AvgIpc) is 3.06. The van der Waals surface area contributed by atoms with Crippen molar-refractivity contribution in [2.45, 2.75) is 64.8 Å². The van der Waals surface area contributed by atoms with E-state index in [4.69, 9.17) is 0 Å². The molecular weight excluding hydrogens is 326 g/mol. The highest BCUT2D eigenvalue weighted by Gasteiger charge is 2.32. The van der Waals surface area contributed by atoms with E-state index in [0.717, 1.165) is 51.7 Å². The molecule has 2 aliphatic heterocycles. The second-order valence-electron chi connectivity index (χ2n) is 7.21. The number of unbranched alkanes of at least 4 members (excludes halogenated alkanes) is 1. The van der Waals surface area contributed by atoms with Crippen LogP contribution in [0, 0.1) is 11.8 Å². The van der Waals surface area contributed by atoms with Crippen LogP contribution < -0.4 is 10.6 Å². The van der Waals surface area contributed by atoms with Crippen LogP contribution in [-0.2, 0) is 9.59 Å². The lowest BCUT2D eigenvalue weighted by atomic mass is 9.91. The molecule has 0 aromatic rings. The van der Waals surface area contributed by atoms with E-state index in [9.17, 15) is 9.59 Å². The Balaban J connectivity index is 0.00000288. The Morgan fingerprint density at radius 3 is 2.71 bits per heavy atom. The Hall–Kier alpha value is -0.810. The van der Waals surface area contributed by atoms with Gasteiger partial charge in [0.2, 0.25) is 11.8 Å². The number of rotatable bonds is 7. The predicted octanol–water partition coefficient (Wildman–Crippen LogP) is 2.34. The fraction of sp³-hybridized carbons (Fsp3) is 0.889. The highest BCUT2D eigenvalue weighted by Crippen LogP contribution is 2.24. The number of carbonyl (C=O) groups is 2. The van der Waals surface area contributed by atoms with Gasteiger partial charge in [-0.05, 0) is 58.0 Å². The molecule has 0 aromatic carbocycles. The van der Waals surface area contributed by atoms with E-state index in [2.05, 4.69) is 24.5 Å². The number of nitrogens with one attached hydrogen (secondary N) is 2. The molecule has 2 fully saturated rings. The zero-order chi connectivity index (χ0) is 16.7. The van der Waals surface area contributed by atoms with Crippen LogP contribution in [0.5, 0.6) is 0 Å². The number of hydrogen-bond donors (Lipinski definition) is 2. The largest absolute Gasteiger partial charge is 0.356 e. The van der Waals surface area contributed by atoms with E-state index >= 15 is 0 Å². The summed E-state index contributed by atoms with van der Waals surface area (Å²) in [6, 6.07) is 0.267. The van der Waals surface area contributed by atoms with Gasteiger partial charge in [0, 0.05) is 25.6 Å². The minimum Gasteiger partial charge on any atom is -0.356 e. The van der Waals surface area contributed by atoms with Crippen LogP contribution in [0.3, 0.4) is 0 Å². The van der Waals surface area contributed by atoms with Gasteiger partial charge in [-0.3, -0.25) is 9.59 Å². The number of nitrogens with zero attached hydrogens (tertiary/aromatic N) is 1. The molecule has 0 aliphatic carbocycles. The van der Waals surface area contributed by atoms with E-state index in [0.29, 0.717) is 18.9 Å². The topological polar surface area (TPSA) is 61.4 Å². The van der Waals surface area contributed by atoms with Crippen molar-refractivity contribution in [1.82, 2.24) is 15.5 Å². The van der Waals surface area contributed by atoms with Gasteiger partial charge in [0.15, 0.2) is 0 Å². The average molecular weight is 360 g/mol. The number of hydrogen-bond acceptors (Lipinski definition) is 3. The number of halogens is 1. The van der Waals surface area contributed by atoms with Crippen molar-refractivity contribution in [3.63, 3.8) is 0 Å². The minimum atomic E-state index is -0.0276. The molecule has 24 heavy (non-hydrogen) atoms. The highest BCUT2D eigenvalue weighted by atomic mass is 35.5. The quantitative estimate of drug-likeness (QED) is 0.686. The normalized spacial score (nSPS) is 26.8. The Bertz CT molecular complexity index is 400. The SMILES string of the molecule is CCCCNC(=O)C1CCC(C)N(C(=O)CCC2CCNC2)C1.Cl. The lowest BCUT2D eigenvalue weighted by molar-refractivity contribution is -0.138. The summed E-state index contributed by atoms with van der Waals surface area (Å²) in [5.74, 6) is 0.978. The molecule has 5 nitrogen and oxygen atoms in total. The molecule has 140 valence electrons. The molecule has 2 rings (SSSR count). The van der Waals surface area contributed by atoms with Crippen molar-refractivity contribution < 1.29 is 9.59 Å². The van der Waals surface area contributed by atoms with Gasteiger partial charge in [-0.2, -0.15) is 0 Å². The second kappa shape index (κ2) is 10.9. The van der Waals surface area contributed by atoms with Gasteiger partial charge in [-0.25, -0.2) is 0 Å². The van der Waals surface area contributed by atoms with Crippen molar-refractivity contribution in [3.8, 4) is 0 Å². The molecule has 2 N–H and O–H groups in total. The van der Waals surface area contributed by atoms with Gasteiger partial charge < -0.3 is 15.5 Å². The molecule has 6 heteroatoms. The van der Waals surface area contributed by atoms with Gasteiger partial charge in [0.05, 0.1) is 5.92 Å². The van der Waals surface area contributed by atoms with Gasteiger partial charge in [0.1, 0.15) is 0 Å². The molecule has 2 amide bonds. The summed E-state index contributed by atoms with van der Waals surface area (Å²) in [6.45, 7) is 7.71. The van der Waals surface area contributed by atoms with Crippen molar-refractivity contribution >= 4 is 24.2 Å². The van der Waals surface area contributed by atoms with E-state index in [1.807, 2.05) is 4.90 Å². The molecule has 2 heterocycles. The van der Waals surface area contributed by atoms with E-state index in [-0.39, 0.29) is 36.2 Å². The molecular formula is C18H34ClN3O2. The Morgan fingerprint density at radius 1 is 1.25 bits per heavy atom. The summed E-state index contributed by atoms with van der Waals surface area (Å²) in [5, 5.41) is 6.37. The van der Waals surface area contributed by atoms with E-state index in [1.165, 1.54) is 6.42 Å². The maximum absolute atomic E-state index is 12.6. The van der Waals surface area contributed by atoms with Crippen LogP contribution in [0.1, 0.15) is 58.8 Å². The summed E-state index contributed by atoms with van der Waals surface area (Å²) < 4.78 is 0. The molecule has 0 aromatic heterocycles. The smallest absolute Gasteiger partial charge is 0.224 e. The molecule has 0 bridgehead atoms. The molecule has 3 unspecified atom stereocenters. The Morgan fingerprint density at radius 2 is 2.04 bits per heavy atom. The predicted molar refractivity (Wildman–Crippen MR) is 99.3 cm³/mol. The van der Waals surface area contributed by atoms with Gasteiger partial charge in [0.25, 0.3) is 0 Å². The fourth-order valence-corrected chi connectivity index (χ4v) is 3.63. The van der Waals surface area contributed by atoms with Crippen LogP contribution in [0.4, 0.5) is 0 Å². The summed E-state index contributed by atoms with van der Waals surface area (Å²) in [5.41, 5.74) is 0. The third-order valence-electron chi connectivity index (χ3n) is 5.33. The van der Waals surface area contributed by atoms with Crippen LogP contribution >= 0.6 is 12.4 Å². The summed E-state index contributed by atoms with van der Waals surface area (Å²) in [4.78, 5) is 26.8. The maximum Gasteiger partial charge on any atom is 0.224 e. The zero-order valence-corrected chi connectivity index (χ0v) is 16.0. The second-order valence-corrected chi connectivity index (χ2v) is 7.21. The molecule has 2 aliphatic rings. The van der Waals surface area contributed by atoms with Crippen LogP contribution in [0.25, 0.3) is 0 Å². The summed E-state index contributed by atoms with van der Waals surface area (Å²) in [6.07, 6.45) is 6.72. The van der Waals surface area contributed by atoms with Crippen LogP contribution in [-0.4, -0.2) is 48.9 Å². The Labute approximate surface area is 152 Å². The summed E-state index contributed by atoms with van der Waals surface area (Å²) >= 11 is 0. The van der Waals surface area contributed by atoms with Crippen molar-refractivity contribution in [3.05, 3.63) is 0 Å². The Kier molecular flexibility index (Phi) is 9.67. The standard InChI is InChI=1S/C18H33N3O2.ClH/c1-3-4-10-20-18(23)16-7-5-14(2)21(13-16)17(22)8-6-15-9-11-19-12-15;/h14-16,19H,3-13H2,1-2H3,(H,20,23);1H. The fourth-order valence-electron chi connectivity index (χ4n) is 3.63. The lowest BCUT2D eigenvalue weighted by Gasteiger charge is -2.37. The number of piperidine rings is 1. The third kappa shape index (κ3) is 6.25. The first-order valence-corrected chi connectivity index (χ1v) is 9.39. The highest BCUT2D eigenvalue weighted by molar-refractivity contribution is 5.85. The van der Waals surface area contributed by atoms with Gasteiger partial charge in [-0.1, -0.05) is 13.3 Å². The molecule has 0 radical (unpaired) electrons. The molecule has 0 saturated carbocycles. The van der Waals surface area contributed by atoms with Gasteiger partial charge >= 0.3 is 0 Å². The van der Waals surface area contributed by atoms with E-state index in [1.54, 1.807) is 0 Å². The lowest BCUT2D eigenvalue weighted by Crippen LogP contribution is -2.49. The number of carbonyl (C=O) groups excluding carboxylic acids is 2. The zero-order valence-electron chi connectivity index (χ0n) is 15.2. The molecule has 3 atom stereocenters. The molecule has 0 spiro atoms. The minimum absolute atomic E-state index is 0. The number of likely N-dealkylation sites (tertiary alicyclic amines) is 1. The third-order valence-corrected chi connectivity index (χ3v) is 5.33. The first-order chi connectivity index (χ1) is 11.1. The summed E-state index contributed by atoms with van der Waals surface area (Å²) in [7, 11) is 0.